The maximum absolute atomic E-state index is 9.82. The van der Waals surface area contributed by atoms with Crippen LogP contribution in [0.2, 0.25) is 0 Å². The molecule has 0 aromatic carbocycles. The van der Waals surface area contributed by atoms with Crippen LogP contribution in [0.3, 0.4) is 0 Å². The van der Waals surface area contributed by atoms with Crippen LogP contribution >= 0.6 is 11.8 Å². The minimum absolute atomic E-state index is 0.0194. The molecule has 2 heterocycles. The van der Waals surface area contributed by atoms with Gasteiger partial charge in [0.2, 0.25) is 5.89 Å². The maximum atomic E-state index is 9.82. The van der Waals surface area contributed by atoms with Crippen LogP contribution in [-0.4, -0.2) is 58.3 Å². The van der Waals surface area contributed by atoms with Crippen molar-refractivity contribution in [3.05, 3.63) is 11.7 Å². The highest BCUT2D eigenvalue weighted by Gasteiger charge is 2.31. The van der Waals surface area contributed by atoms with Crippen molar-refractivity contribution in [3.8, 4) is 0 Å². The summed E-state index contributed by atoms with van der Waals surface area (Å²) in [6.07, 6.45) is 1.57. The molecule has 1 aliphatic heterocycles. The van der Waals surface area contributed by atoms with E-state index in [1.54, 1.807) is 11.8 Å². The Balaban J connectivity index is 1.96. The van der Waals surface area contributed by atoms with Crippen LogP contribution in [0.1, 0.15) is 18.6 Å². The van der Waals surface area contributed by atoms with Gasteiger partial charge in [-0.3, -0.25) is 4.90 Å². The molecule has 1 N–H and O–H groups in total. The van der Waals surface area contributed by atoms with E-state index in [-0.39, 0.29) is 6.04 Å². The lowest BCUT2D eigenvalue weighted by Gasteiger charge is -2.26. The molecular weight excluding hydrogens is 254 g/mol. The number of likely N-dealkylation sites (N-methyl/N-ethyl adjacent to an activating group) is 1. The average molecular weight is 273 g/mol. The molecule has 0 aliphatic carbocycles. The lowest BCUT2D eigenvalue weighted by Crippen LogP contribution is -2.42. The molecule has 1 fully saturated rings. The standard InChI is InChI=1S/C11H19N3O3S/c1-3-14(8-5-16-6-9(8)15)4-11-12-10(7-18-2)13-17-11/h8-9,15H,3-7H2,1-2H3/t8-,9-/m0/s1. The lowest BCUT2D eigenvalue weighted by atomic mass is 10.2. The molecule has 2 atom stereocenters. The Kier molecular flexibility index (Phi) is 4.99. The number of nitrogens with zero attached hydrogens (tertiary/aromatic N) is 3. The van der Waals surface area contributed by atoms with Crippen molar-refractivity contribution >= 4 is 11.8 Å². The highest BCUT2D eigenvalue weighted by molar-refractivity contribution is 7.97. The fourth-order valence-electron chi connectivity index (χ4n) is 2.06. The van der Waals surface area contributed by atoms with Gasteiger partial charge >= 0.3 is 0 Å². The van der Waals surface area contributed by atoms with Crippen molar-refractivity contribution in [1.29, 1.82) is 0 Å². The summed E-state index contributed by atoms with van der Waals surface area (Å²) >= 11 is 1.66. The van der Waals surface area contributed by atoms with Crippen molar-refractivity contribution in [1.82, 2.24) is 15.0 Å². The average Bonchev–Trinajstić information content (AvgIpc) is 2.96. The second-order valence-electron chi connectivity index (χ2n) is 4.27. The van der Waals surface area contributed by atoms with Crippen LogP contribution < -0.4 is 0 Å². The fourth-order valence-corrected chi connectivity index (χ4v) is 2.44. The summed E-state index contributed by atoms with van der Waals surface area (Å²) in [7, 11) is 0. The van der Waals surface area contributed by atoms with Gasteiger partial charge in [0.05, 0.1) is 37.7 Å². The minimum Gasteiger partial charge on any atom is -0.389 e. The van der Waals surface area contributed by atoms with Gasteiger partial charge < -0.3 is 14.4 Å². The molecule has 1 saturated heterocycles. The first kappa shape index (κ1) is 13.8. The molecule has 1 aromatic rings. The number of thioether (sulfide) groups is 1. The summed E-state index contributed by atoms with van der Waals surface area (Å²) in [5, 5.41) is 13.7. The third-order valence-corrected chi connectivity index (χ3v) is 3.57. The Morgan fingerprint density at radius 2 is 2.33 bits per heavy atom. The summed E-state index contributed by atoms with van der Waals surface area (Å²) < 4.78 is 10.5. The molecule has 2 rings (SSSR count). The van der Waals surface area contributed by atoms with Gasteiger partial charge in [-0.05, 0) is 12.8 Å². The topological polar surface area (TPSA) is 71.6 Å². The highest BCUT2D eigenvalue weighted by Crippen LogP contribution is 2.16. The van der Waals surface area contributed by atoms with E-state index in [1.165, 1.54) is 0 Å². The van der Waals surface area contributed by atoms with Crippen molar-refractivity contribution in [2.75, 3.05) is 26.0 Å². The van der Waals surface area contributed by atoms with Crippen LogP contribution in [-0.2, 0) is 17.0 Å². The summed E-state index contributed by atoms with van der Waals surface area (Å²) in [6.45, 7) is 4.38. The largest absolute Gasteiger partial charge is 0.389 e. The van der Waals surface area contributed by atoms with Crippen molar-refractivity contribution in [3.63, 3.8) is 0 Å². The lowest BCUT2D eigenvalue weighted by molar-refractivity contribution is 0.0744. The van der Waals surface area contributed by atoms with Crippen LogP contribution in [0.4, 0.5) is 0 Å². The molecule has 0 bridgehead atoms. The zero-order chi connectivity index (χ0) is 13.0. The van der Waals surface area contributed by atoms with Gasteiger partial charge in [-0.1, -0.05) is 12.1 Å². The number of aliphatic hydroxyl groups excluding tert-OH is 1. The SMILES string of the molecule is CCN(Cc1nc(CSC)no1)[C@H]1COC[C@@H]1O. The van der Waals surface area contributed by atoms with E-state index in [1.807, 2.05) is 13.2 Å². The molecular formula is C11H19N3O3S. The normalized spacial score (nSPS) is 24.0. The number of rotatable bonds is 6. The number of aliphatic hydroxyl groups is 1. The van der Waals surface area contributed by atoms with E-state index in [9.17, 15) is 5.11 Å². The van der Waals surface area contributed by atoms with E-state index in [0.717, 1.165) is 18.1 Å². The van der Waals surface area contributed by atoms with Crippen LogP contribution in [0.25, 0.3) is 0 Å². The third kappa shape index (κ3) is 3.23. The van der Waals surface area contributed by atoms with Crippen LogP contribution in [0.15, 0.2) is 4.52 Å². The van der Waals surface area contributed by atoms with Gasteiger partial charge in [-0.25, -0.2) is 0 Å². The number of ether oxygens (including phenoxy) is 1. The van der Waals surface area contributed by atoms with E-state index in [0.29, 0.717) is 25.6 Å². The molecule has 0 radical (unpaired) electrons. The predicted molar refractivity (Wildman–Crippen MR) is 68.2 cm³/mol. The molecule has 0 saturated carbocycles. The maximum Gasteiger partial charge on any atom is 0.240 e. The highest BCUT2D eigenvalue weighted by atomic mass is 32.2. The van der Waals surface area contributed by atoms with Gasteiger partial charge in [0, 0.05) is 0 Å². The Labute approximate surface area is 111 Å². The monoisotopic (exact) mass is 273 g/mol. The summed E-state index contributed by atoms with van der Waals surface area (Å²) in [4.78, 5) is 6.43. The van der Waals surface area contributed by atoms with Crippen LogP contribution in [0, 0.1) is 0 Å². The molecule has 0 unspecified atom stereocenters. The Morgan fingerprint density at radius 3 is 2.94 bits per heavy atom. The fraction of sp³-hybridized carbons (Fsp3) is 0.818. The quantitative estimate of drug-likeness (QED) is 0.810. The van der Waals surface area contributed by atoms with Gasteiger partial charge in [-0.2, -0.15) is 16.7 Å². The number of hydrogen-bond donors (Lipinski definition) is 1. The van der Waals surface area contributed by atoms with Crippen molar-refractivity contribution in [2.45, 2.75) is 31.4 Å². The summed E-state index contributed by atoms with van der Waals surface area (Å²) in [6, 6.07) is 0.0194. The molecule has 0 spiro atoms. The molecule has 7 heteroatoms. The van der Waals surface area contributed by atoms with Gasteiger partial charge in [0.15, 0.2) is 5.82 Å². The predicted octanol–water partition coefficient (Wildman–Crippen LogP) is 0.514. The Hall–Kier alpha value is -0.630. The van der Waals surface area contributed by atoms with Crippen molar-refractivity contribution in [2.24, 2.45) is 0 Å². The number of hydrogen-bond acceptors (Lipinski definition) is 7. The third-order valence-electron chi connectivity index (χ3n) is 3.02. The molecule has 0 amide bonds. The second-order valence-corrected chi connectivity index (χ2v) is 5.14. The molecule has 1 aromatic heterocycles. The van der Waals surface area contributed by atoms with Crippen molar-refractivity contribution < 1.29 is 14.4 Å². The van der Waals surface area contributed by atoms with E-state index >= 15 is 0 Å². The molecule has 102 valence electrons. The second kappa shape index (κ2) is 6.51. The van der Waals surface area contributed by atoms with E-state index in [2.05, 4.69) is 15.0 Å². The summed E-state index contributed by atoms with van der Waals surface area (Å²) in [5.41, 5.74) is 0. The molecule has 18 heavy (non-hydrogen) atoms. The number of aromatic nitrogens is 2. The van der Waals surface area contributed by atoms with E-state index < -0.39 is 6.10 Å². The Bertz CT molecular complexity index is 374. The minimum atomic E-state index is -0.432. The van der Waals surface area contributed by atoms with Gasteiger partial charge in [0.25, 0.3) is 0 Å². The van der Waals surface area contributed by atoms with E-state index in [4.69, 9.17) is 9.26 Å². The van der Waals surface area contributed by atoms with Gasteiger partial charge in [-0.15, -0.1) is 0 Å². The Morgan fingerprint density at radius 1 is 1.50 bits per heavy atom. The van der Waals surface area contributed by atoms with Gasteiger partial charge in [0.1, 0.15) is 0 Å². The zero-order valence-corrected chi connectivity index (χ0v) is 11.5. The first-order chi connectivity index (χ1) is 8.74. The zero-order valence-electron chi connectivity index (χ0n) is 10.7. The summed E-state index contributed by atoms with van der Waals surface area (Å²) in [5.74, 6) is 2.07. The first-order valence-electron chi connectivity index (χ1n) is 6.04. The molecule has 6 nitrogen and oxygen atoms in total. The smallest absolute Gasteiger partial charge is 0.240 e. The first-order valence-corrected chi connectivity index (χ1v) is 7.44. The van der Waals surface area contributed by atoms with Crippen LogP contribution in [0.5, 0.6) is 0 Å². The molecule has 1 aliphatic rings.